The van der Waals surface area contributed by atoms with Gasteiger partial charge in [0, 0.05) is 12.7 Å². The van der Waals surface area contributed by atoms with E-state index in [1.807, 2.05) is 5.01 Å². The first kappa shape index (κ1) is 4.32. The number of rotatable bonds is 1. The van der Waals surface area contributed by atoms with Gasteiger partial charge in [0.1, 0.15) is 6.67 Å². The van der Waals surface area contributed by atoms with Gasteiger partial charge in [-0.1, -0.05) is 0 Å². The largest absolute Gasteiger partial charge is 0.325 e. The van der Waals surface area contributed by atoms with E-state index in [9.17, 15) is 4.39 Å². The lowest BCUT2D eigenvalue weighted by atomic mass is 10.2. The lowest BCUT2D eigenvalue weighted by Gasteiger charge is -1.88. The summed E-state index contributed by atoms with van der Waals surface area (Å²) in [5, 5.41) is 1.99. The molecule has 2 aliphatic rings. The SMILES string of the molecule is FCC1=CNN2CC12. The number of hydrogen-bond acceptors (Lipinski definition) is 2. The molecular formula is C5H7FN2. The van der Waals surface area contributed by atoms with Crippen molar-refractivity contribution >= 4 is 0 Å². The zero-order valence-electron chi connectivity index (χ0n) is 4.39. The molecule has 0 bridgehead atoms. The Labute approximate surface area is 46.9 Å². The average Bonchev–Trinajstić information content (AvgIpc) is 2.46. The van der Waals surface area contributed by atoms with Gasteiger partial charge < -0.3 is 5.43 Å². The van der Waals surface area contributed by atoms with Gasteiger partial charge >= 0.3 is 0 Å². The van der Waals surface area contributed by atoms with E-state index in [0.29, 0.717) is 6.04 Å². The number of nitrogens with one attached hydrogen (secondary N) is 1. The summed E-state index contributed by atoms with van der Waals surface area (Å²) in [6.07, 6.45) is 1.74. The van der Waals surface area contributed by atoms with E-state index < -0.39 is 0 Å². The Balaban J connectivity index is 2.12. The van der Waals surface area contributed by atoms with Crippen molar-refractivity contribution in [3.8, 4) is 0 Å². The standard InChI is InChI=1S/C5H7FN2/c6-1-4-2-7-8-3-5(4)8/h2,5,7H,1,3H2. The molecule has 1 fully saturated rings. The second kappa shape index (κ2) is 1.23. The summed E-state index contributed by atoms with van der Waals surface area (Å²) in [4.78, 5) is 0. The average molecular weight is 114 g/mol. The molecule has 2 heterocycles. The smallest absolute Gasteiger partial charge is 0.114 e. The van der Waals surface area contributed by atoms with Crippen LogP contribution in [0.3, 0.4) is 0 Å². The maximum Gasteiger partial charge on any atom is 0.114 e. The van der Waals surface area contributed by atoms with E-state index in [1.54, 1.807) is 6.20 Å². The van der Waals surface area contributed by atoms with Gasteiger partial charge in [0.05, 0.1) is 6.04 Å². The zero-order valence-corrected chi connectivity index (χ0v) is 4.39. The van der Waals surface area contributed by atoms with Gasteiger partial charge in [0.15, 0.2) is 0 Å². The summed E-state index contributed by atoms with van der Waals surface area (Å²) in [6.45, 7) is 0.698. The van der Waals surface area contributed by atoms with Gasteiger partial charge in [0.25, 0.3) is 0 Å². The molecule has 0 aromatic heterocycles. The van der Waals surface area contributed by atoms with Crippen LogP contribution < -0.4 is 5.43 Å². The van der Waals surface area contributed by atoms with Crippen molar-refractivity contribution in [2.45, 2.75) is 6.04 Å². The molecule has 0 amide bonds. The van der Waals surface area contributed by atoms with Crippen molar-refractivity contribution < 1.29 is 4.39 Å². The summed E-state index contributed by atoms with van der Waals surface area (Å²) in [7, 11) is 0. The van der Waals surface area contributed by atoms with Gasteiger partial charge in [-0.3, -0.25) is 0 Å². The highest BCUT2D eigenvalue weighted by Crippen LogP contribution is 2.26. The molecule has 0 saturated carbocycles. The third-order valence-corrected chi connectivity index (χ3v) is 1.61. The molecule has 2 unspecified atom stereocenters. The van der Waals surface area contributed by atoms with Gasteiger partial charge in [-0.25, -0.2) is 9.40 Å². The molecule has 2 aliphatic heterocycles. The highest BCUT2D eigenvalue weighted by molar-refractivity contribution is 5.23. The van der Waals surface area contributed by atoms with Crippen LogP contribution in [0.5, 0.6) is 0 Å². The third-order valence-electron chi connectivity index (χ3n) is 1.61. The fraction of sp³-hybridized carbons (Fsp3) is 0.600. The molecule has 0 aromatic carbocycles. The molecule has 2 atom stereocenters. The summed E-state index contributed by atoms with van der Waals surface area (Å²) >= 11 is 0. The molecule has 1 N–H and O–H groups in total. The number of hydrogen-bond donors (Lipinski definition) is 1. The highest BCUT2D eigenvalue weighted by Gasteiger charge is 2.40. The lowest BCUT2D eigenvalue weighted by molar-refractivity contribution is 0.475. The number of fused-ring (bicyclic) bond motifs is 1. The second-order valence-electron chi connectivity index (χ2n) is 2.15. The topological polar surface area (TPSA) is 15.0 Å². The van der Waals surface area contributed by atoms with E-state index in [0.717, 1.165) is 12.1 Å². The maximum atomic E-state index is 11.8. The van der Waals surface area contributed by atoms with E-state index in [1.165, 1.54) is 0 Å². The Kier molecular flexibility index (Phi) is 0.663. The maximum absolute atomic E-state index is 11.8. The van der Waals surface area contributed by atoms with Crippen LogP contribution in [0.15, 0.2) is 11.8 Å². The van der Waals surface area contributed by atoms with Crippen molar-refractivity contribution in [3.63, 3.8) is 0 Å². The number of nitrogens with zero attached hydrogens (tertiary/aromatic N) is 1. The van der Waals surface area contributed by atoms with Crippen LogP contribution in [0.1, 0.15) is 0 Å². The fourth-order valence-corrected chi connectivity index (χ4v) is 0.989. The van der Waals surface area contributed by atoms with Crippen LogP contribution in [0.25, 0.3) is 0 Å². The zero-order chi connectivity index (χ0) is 5.56. The van der Waals surface area contributed by atoms with Crippen molar-refractivity contribution in [1.29, 1.82) is 0 Å². The third kappa shape index (κ3) is 0.395. The van der Waals surface area contributed by atoms with E-state index >= 15 is 0 Å². The number of halogens is 1. The second-order valence-corrected chi connectivity index (χ2v) is 2.15. The first-order valence-corrected chi connectivity index (χ1v) is 2.69. The summed E-state index contributed by atoms with van der Waals surface area (Å²) in [6, 6.07) is 0.403. The summed E-state index contributed by atoms with van der Waals surface area (Å²) < 4.78 is 11.8. The number of hydrazine groups is 1. The number of alkyl halides is 1. The Morgan fingerprint density at radius 2 is 2.88 bits per heavy atom. The Hall–Kier alpha value is -0.570. The van der Waals surface area contributed by atoms with Crippen molar-refractivity contribution in [3.05, 3.63) is 11.8 Å². The molecule has 2 nitrogen and oxygen atoms in total. The monoisotopic (exact) mass is 114 g/mol. The van der Waals surface area contributed by atoms with Crippen LogP contribution in [0.2, 0.25) is 0 Å². The predicted molar refractivity (Wildman–Crippen MR) is 27.7 cm³/mol. The molecule has 0 aliphatic carbocycles. The van der Waals surface area contributed by atoms with Crippen molar-refractivity contribution in [1.82, 2.24) is 10.4 Å². The molecule has 3 heteroatoms. The van der Waals surface area contributed by atoms with Crippen molar-refractivity contribution in [2.24, 2.45) is 0 Å². The Morgan fingerprint density at radius 3 is 3.12 bits per heavy atom. The first-order valence-electron chi connectivity index (χ1n) is 2.69. The molecule has 2 rings (SSSR count). The fourth-order valence-electron chi connectivity index (χ4n) is 0.989. The molecular weight excluding hydrogens is 107 g/mol. The molecule has 0 spiro atoms. The van der Waals surface area contributed by atoms with E-state index in [4.69, 9.17) is 0 Å². The molecule has 0 aromatic rings. The minimum Gasteiger partial charge on any atom is -0.325 e. The van der Waals surface area contributed by atoms with Gasteiger partial charge in [-0.2, -0.15) is 0 Å². The molecule has 1 saturated heterocycles. The Morgan fingerprint density at radius 1 is 2.00 bits per heavy atom. The minimum atomic E-state index is -0.297. The van der Waals surface area contributed by atoms with E-state index in [-0.39, 0.29) is 6.67 Å². The van der Waals surface area contributed by atoms with Crippen molar-refractivity contribution in [2.75, 3.05) is 13.2 Å². The molecule has 8 heavy (non-hydrogen) atoms. The van der Waals surface area contributed by atoms with Crippen LogP contribution in [-0.4, -0.2) is 24.3 Å². The minimum absolute atomic E-state index is 0.297. The summed E-state index contributed by atoms with van der Waals surface area (Å²) in [5.41, 5.74) is 3.82. The van der Waals surface area contributed by atoms with Gasteiger partial charge in [-0.05, 0) is 5.57 Å². The lowest BCUT2D eigenvalue weighted by Crippen LogP contribution is -2.09. The predicted octanol–water partition coefficient (Wildman–Crippen LogP) is 0.0422. The summed E-state index contributed by atoms with van der Waals surface area (Å²) in [5.74, 6) is 0. The molecule has 44 valence electrons. The first-order chi connectivity index (χ1) is 3.92. The Bertz CT molecular complexity index is 143. The van der Waals surface area contributed by atoms with Crippen LogP contribution in [0.4, 0.5) is 4.39 Å². The normalized spacial score (nSPS) is 40.4. The van der Waals surface area contributed by atoms with Crippen LogP contribution >= 0.6 is 0 Å². The quantitative estimate of drug-likeness (QED) is 0.484. The van der Waals surface area contributed by atoms with E-state index in [2.05, 4.69) is 5.43 Å². The highest BCUT2D eigenvalue weighted by atomic mass is 19.1. The van der Waals surface area contributed by atoms with Gasteiger partial charge in [0.2, 0.25) is 0 Å². The van der Waals surface area contributed by atoms with Crippen LogP contribution in [0, 0.1) is 0 Å². The van der Waals surface area contributed by atoms with Gasteiger partial charge in [-0.15, -0.1) is 0 Å². The molecule has 0 radical (unpaired) electrons. The van der Waals surface area contributed by atoms with Crippen LogP contribution in [-0.2, 0) is 0 Å².